The summed E-state index contributed by atoms with van der Waals surface area (Å²) in [6, 6.07) is 7.93. The molecule has 3 aromatic heterocycles. The third-order valence-corrected chi connectivity index (χ3v) is 3.66. The van der Waals surface area contributed by atoms with Gasteiger partial charge in [-0.3, -0.25) is 9.97 Å². The largest absolute Gasteiger partial charge is 0.416 e. The molecule has 0 aliphatic carbocycles. The predicted molar refractivity (Wildman–Crippen MR) is 89.0 cm³/mol. The van der Waals surface area contributed by atoms with Crippen LogP contribution in [0.5, 0.6) is 0 Å². The van der Waals surface area contributed by atoms with Gasteiger partial charge in [-0.25, -0.2) is 0 Å². The van der Waals surface area contributed by atoms with E-state index in [1.165, 1.54) is 0 Å². The molecule has 0 fully saturated rings. The quantitative estimate of drug-likeness (QED) is 0.730. The average Bonchev–Trinajstić information content (AvgIpc) is 3.03. The molecule has 0 aromatic carbocycles. The van der Waals surface area contributed by atoms with Crippen LogP contribution in [0.1, 0.15) is 36.6 Å². The van der Waals surface area contributed by atoms with Crippen molar-refractivity contribution in [3.8, 4) is 22.9 Å². The molecule has 5 nitrogen and oxygen atoms in total. The van der Waals surface area contributed by atoms with Crippen LogP contribution in [-0.2, 0) is 12.8 Å². The lowest BCUT2D eigenvalue weighted by Gasteiger charge is -2.02. The molecule has 3 heterocycles. The van der Waals surface area contributed by atoms with Crippen LogP contribution in [-0.4, -0.2) is 20.2 Å². The Morgan fingerprint density at radius 2 is 1.17 bits per heavy atom. The zero-order valence-electron chi connectivity index (χ0n) is 13.9. The van der Waals surface area contributed by atoms with E-state index in [4.69, 9.17) is 4.42 Å². The topological polar surface area (TPSA) is 64.7 Å². The number of rotatable bonds is 4. The highest BCUT2D eigenvalue weighted by molar-refractivity contribution is 5.59. The summed E-state index contributed by atoms with van der Waals surface area (Å²) < 4.78 is 5.89. The molecule has 3 aromatic rings. The minimum atomic E-state index is 0.521. The molecule has 0 saturated heterocycles. The fourth-order valence-electron chi connectivity index (χ4n) is 2.54. The minimum absolute atomic E-state index is 0.521. The van der Waals surface area contributed by atoms with Crippen molar-refractivity contribution in [2.45, 2.75) is 40.5 Å². The second-order valence-electron chi connectivity index (χ2n) is 5.60. The molecular weight excluding hydrogens is 288 g/mol. The maximum atomic E-state index is 5.89. The van der Waals surface area contributed by atoms with Crippen LogP contribution < -0.4 is 0 Å². The lowest BCUT2D eigenvalue weighted by atomic mass is 10.1. The minimum Gasteiger partial charge on any atom is -0.416 e. The standard InChI is InChI=1S/C18H20N4O/c1-5-15-9-13(7-11(3)19-15)17-21-22-18(23-17)14-8-12(4)20-16(6-2)10-14/h7-10H,5-6H2,1-4H3. The van der Waals surface area contributed by atoms with Crippen LogP contribution in [0.25, 0.3) is 22.9 Å². The number of aromatic nitrogens is 4. The van der Waals surface area contributed by atoms with Crippen molar-refractivity contribution in [2.24, 2.45) is 0 Å². The first-order valence-electron chi connectivity index (χ1n) is 7.88. The zero-order valence-corrected chi connectivity index (χ0v) is 13.9. The summed E-state index contributed by atoms with van der Waals surface area (Å²) in [6.07, 6.45) is 1.75. The molecule has 0 aliphatic rings. The van der Waals surface area contributed by atoms with Crippen LogP contribution in [0.2, 0.25) is 0 Å². The number of nitrogens with zero attached hydrogens (tertiary/aromatic N) is 4. The Morgan fingerprint density at radius 3 is 1.57 bits per heavy atom. The van der Waals surface area contributed by atoms with Crippen LogP contribution in [0, 0.1) is 13.8 Å². The van der Waals surface area contributed by atoms with E-state index >= 15 is 0 Å². The summed E-state index contributed by atoms with van der Waals surface area (Å²) in [5.74, 6) is 1.04. The summed E-state index contributed by atoms with van der Waals surface area (Å²) >= 11 is 0. The van der Waals surface area contributed by atoms with Crippen molar-refractivity contribution in [3.05, 3.63) is 47.0 Å². The van der Waals surface area contributed by atoms with Gasteiger partial charge in [-0.1, -0.05) is 13.8 Å². The number of hydrogen-bond donors (Lipinski definition) is 0. The first-order valence-corrected chi connectivity index (χ1v) is 7.88. The zero-order chi connectivity index (χ0) is 16.4. The van der Waals surface area contributed by atoms with E-state index in [-0.39, 0.29) is 0 Å². The SMILES string of the molecule is CCc1cc(-c2nnc(-c3cc(C)nc(CC)c3)o2)cc(C)n1. The highest BCUT2D eigenvalue weighted by Gasteiger charge is 2.13. The molecule has 0 atom stereocenters. The maximum absolute atomic E-state index is 5.89. The van der Waals surface area contributed by atoms with Crippen LogP contribution >= 0.6 is 0 Å². The summed E-state index contributed by atoms with van der Waals surface area (Å²) in [4.78, 5) is 8.96. The Hall–Kier alpha value is -2.56. The van der Waals surface area contributed by atoms with Gasteiger partial charge in [0.1, 0.15) is 0 Å². The highest BCUT2D eigenvalue weighted by atomic mass is 16.4. The van der Waals surface area contributed by atoms with E-state index in [0.717, 1.165) is 46.7 Å². The van der Waals surface area contributed by atoms with Crippen LogP contribution in [0.3, 0.4) is 0 Å². The molecule has 5 heteroatoms. The third-order valence-electron chi connectivity index (χ3n) is 3.66. The van der Waals surface area contributed by atoms with Gasteiger partial charge in [0.15, 0.2) is 0 Å². The number of pyridine rings is 2. The Bertz CT molecular complexity index is 771. The van der Waals surface area contributed by atoms with E-state index in [0.29, 0.717) is 11.8 Å². The van der Waals surface area contributed by atoms with Gasteiger partial charge in [0.25, 0.3) is 0 Å². The second-order valence-corrected chi connectivity index (χ2v) is 5.60. The lowest BCUT2D eigenvalue weighted by molar-refractivity contribution is 0.584. The molecular formula is C18H20N4O. The Labute approximate surface area is 135 Å². The Morgan fingerprint density at radius 1 is 0.739 bits per heavy atom. The number of hydrogen-bond acceptors (Lipinski definition) is 5. The fraction of sp³-hybridized carbons (Fsp3) is 0.333. The molecule has 0 bridgehead atoms. The summed E-state index contributed by atoms with van der Waals surface area (Å²) in [7, 11) is 0. The molecule has 3 rings (SSSR count). The van der Waals surface area contributed by atoms with E-state index in [1.54, 1.807) is 0 Å². The lowest BCUT2D eigenvalue weighted by Crippen LogP contribution is -1.92. The van der Waals surface area contributed by atoms with Crippen molar-refractivity contribution in [3.63, 3.8) is 0 Å². The smallest absolute Gasteiger partial charge is 0.248 e. The van der Waals surface area contributed by atoms with Gasteiger partial charge in [-0.2, -0.15) is 0 Å². The third kappa shape index (κ3) is 3.28. The molecule has 0 amide bonds. The average molecular weight is 308 g/mol. The van der Waals surface area contributed by atoms with Crippen LogP contribution in [0.4, 0.5) is 0 Å². The van der Waals surface area contributed by atoms with E-state index in [1.807, 2.05) is 38.1 Å². The second kappa shape index (κ2) is 6.28. The molecule has 0 spiro atoms. The van der Waals surface area contributed by atoms with Gasteiger partial charge in [0.2, 0.25) is 11.8 Å². The molecule has 0 unspecified atom stereocenters. The summed E-state index contributed by atoms with van der Waals surface area (Å²) in [6.45, 7) is 8.10. The molecule has 0 aliphatic heterocycles. The van der Waals surface area contributed by atoms with Gasteiger partial charge >= 0.3 is 0 Å². The van der Waals surface area contributed by atoms with Gasteiger partial charge < -0.3 is 4.42 Å². The monoisotopic (exact) mass is 308 g/mol. The van der Waals surface area contributed by atoms with Crippen molar-refractivity contribution >= 4 is 0 Å². The van der Waals surface area contributed by atoms with Gasteiger partial charge in [0.05, 0.1) is 0 Å². The van der Waals surface area contributed by atoms with Crippen molar-refractivity contribution in [2.75, 3.05) is 0 Å². The van der Waals surface area contributed by atoms with Crippen molar-refractivity contribution in [1.82, 2.24) is 20.2 Å². The molecule has 0 saturated carbocycles. The van der Waals surface area contributed by atoms with Crippen molar-refractivity contribution < 1.29 is 4.42 Å². The van der Waals surface area contributed by atoms with E-state index in [9.17, 15) is 0 Å². The Kier molecular flexibility index (Phi) is 4.19. The molecule has 118 valence electrons. The maximum Gasteiger partial charge on any atom is 0.248 e. The predicted octanol–water partition coefficient (Wildman–Crippen LogP) is 3.94. The normalized spacial score (nSPS) is 11.0. The van der Waals surface area contributed by atoms with Gasteiger partial charge in [-0.15, -0.1) is 10.2 Å². The summed E-state index contributed by atoms with van der Waals surface area (Å²) in [5.41, 5.74) is 5.77. The van der Waals surface area contributed by atoms with E-state index < -0.39 is 0 Å². The number of aryl methyl sites for hydroxylation is 4. The molecule has 23 heavy (non-hydrogen) atoms. The first-order chi connectivity index (χ1) is 11.1. The summed E-state index contributed by atoms with van der Waals surface area (Å²) in [5, 5.41) is 8.40. The van der Waals surface area contributed by atoms with E-state index in [2.05, 4.69) is 34.0 Å². The van der Waals surface area contributed by atoms with Crippen LogP contribution in [0.15, 0.2) is 28.7 Å². The van der Waals surface area contributed by atoms with Gasteiger partial charge in [-0.05, 0) is 51.0 Å². The Balaban J connectivity index is 2.01. The van der Waals surface area contributed by atoms with Gasteiger partial charge in [0, 0.05) is 33.9 Å². The molecule has 0 N–H and O–H groups in total. The van der Waals surface area contributed by atoms with Crippen molar-refractivity contribution in [1.29, 1.82) is 0 Å². The molecule has 0 radical (unpaired) electrons. The first kappa shape index (κ1) is 15.3. The highest BCUT2D eigenvalue weighted by Crippen LogP contribution is 2.25. The fourth-order valence-corrected chi connectivity index (χ4v) is 2.54.